The Hall–Kier alpha value is -0.610. The summed E-state index contributed by atoms with van der Waals surface area (Å²) in [7, 11) is 4.18. The van der Waals surface area contributed by atoms with Gasteiger partial charge in [-0.05, 0) is 40.2 Å². The zero-order valence-electron chi connectivity index (χ0n) is 10.6. The Bertz CT molecular complexity index is 179. The number of hydrogen-bond donors (Lipinski definition) is 2. The molecule has 1 unspecified atom stereocenters. The van der Waals surface area contributed by atoms with E-state index in [2.05, 4.69) is 30.8 Å². The van der Waals surface area contributed by atoms with Crippen molar-refractivity contribution in [2.24, 2.45) is 11.7 Å². The molecule has 4 heteroatoms. The molecule has 0 rings (SSSR count). The molecular weight excluding hydrogens is 188 g/mol. The fraction of sp³-hybridized carbons (Fsp3) is 0.909. The van der Waals surface area contributed by atoms with Crippen LogP contribution >= 0.6 is 0 Å². The number of rotatable bonds is 8. The van der Waals surface area contributed by atoms with Crippen LogP contribution < -0.4 is 5.73 Å². The van der Waals surface area contributed by atoms with Crippen LogP contribution in [0.15, 0.2) is 0 Å². The molecule has 0 radical (unpaired) electrons. The van der Waals surface area contributed by atoms with Crippen molar-refractivity contribution in [2.75, 3.05) is 40.3 Å². The molecule has 0 spiro atoms. The molecule has 0 aliphatic carbocycles. The van der Waals surface area contributed by atoms with Gasteiger partial charge in [0, 0.05) is 12.5 Å². The van der Waals surface area contributed by atoms with Gasteiger partial charge >= 0.3 is 0 Å². The predicted molar refractivity (Wildman–Crippen MR) is 66.4 cm³/mol. The predicted octanol–water partition coefficient (Wildman–Crippen LogP) is 0.832. The maximum atomic E-state index is 7.36. The van der Waals surface area contributed by atoms with E-state index in [1.165, 1.54) is 6.42 Å². The van der Waals surface area contributed by atoms with Gasteiger partial charge in [0.25, 0.3) is 0 Å². The third-order valence-corrected chi connectivity index (χ3v) is 2.59. The van der Waals surface area contributed by atoms with Gasteiger partial charge in [0.15, 0.2) is 0 Å². The van der Waals surface area contributed by atoms with Crippen molar-refractivity contribution in [3.8, 4) is 0 Å². The third kappa shape index (κ3) is 7.33. The van der Waals surface area contributed by atoms with Crippen LogP contribution in [0.25, 0.3) is 0 Å². The average Bonchev–Trinajstić information content (AvgIpc) is 2.15. The van der Waals surface area contributed by atoms with E-state index in [4.69, 9.17) is 11.1 Å². The van der Waals surface area contributed by atoms with Crippen LogP contribution in [0.5, 0.6) is 0 Å². The van der Waals surface area contributed by atoms with Gasteiger partial charge in [-0.25, -0.2) is 0 Å². The average molecular weight is 214 g/mol. The molecule has 15 heavy (non-hydrogen) atoms. The lowest BCUT2D eigenvalue weighted by Crippen LogP contribution is -2.35. The highest BCUT2D eigenvalue weighted by molar-refractivity contribution is 5.79. The molecule has 0 aromatic heterocycles. The summed E-state index contributed by atoms with van der Waals surface area (Å²) in [5.41, 5.74) is 5.46. The Labute approximate surface area is 93.9 Å². The molecule has 0 aliphatic rings. The van der Waals surface area contributed by atoms with Crippen LogP contribution in [0.1, 0.15) is 20.3 Å². The quantitative estimate of drug-likeness (QED) is 0.465. The fourth-order valence-corrected chi connectivity index (χ4v) is 1.47. The highest BCUT2D eigenvalue weighted by Crippen LogP contribution is 2.00. The van der Waals surface area contributed by atoms with E-state index >= 15 is 0 Å². The van der Waals surface area contributed by atoms with Crippen LogP contribution in [0.4, 0.5) is 0 Å². The first-order chi connectivity index (χ1) is 6.97. The first-order valence-electron chi connectivity index (χ1n) is 5.68. The number of nitrogens with two attached hydrogens (primary N) is 1. The van der Waals surface area contributed by atoms with Crippen LogP contribution in [0.2, 0.25) is 0 Å². The molecular formula is C11H26N4. The van der Waals surface area contributed by atoms with Crippen molar-refractivity contribution in [1.29, 1.82) is 5.41 Å². The Balaban J connectivity index is 3.77. The van der Waals surface area contributed by atoms with E-state index in [1.54, 1.807) is 0 Å². The van der Waals surface area contributed by atoms with Gasteiger partial charge in [0.1, 0.15) is 0 Å². The van der Waals surface area contributed by atoms with Crippen LogP contribution in [-0.2, 0) is 0 Å². The van der Waals surface area contributed by atoms with E-state index < -0.39 is 0 Å². The zero-order valence-corrected chi connectivity index (χ0v) is 10.6. The molecule has 1 atom stereocenters. The number of hydrogen-bond acceptors (Lipinski definition) is 3. The molecule has 0 aliphatic heterocycles. The van der Waals surface area contributed by atoms with Gasteiger partial charge in [0.2, 0.25) is 0 Å². The van der Waals surface area contributed by atoms with Crippen molar-refractivity contribution in [2.45, 2.75) is 20.3 Å². The highest BCUT2D eigenvalue weighted by atomic mass is 15.1. The van der Waals surface area contributed by atoms with Gasteiger partial charge in [-0.15, -0.1) is 0 Å². The van der Waals surface area contributed by atoms with Crippen LogP contribution in [-0.4, -0.2) is 55.9 Å². The van der Waals surface area contributed by atoms with Gasteiger partial charge in [-0.1, -0.05) is 13.8 Å². The monoisotopic (exact) mass is 214 g/mol. The van der Waals surface area contributed by atoms with Gasteiger partial charge in [-0.2, -0.15) is 0 Å². The molecule has 0 aromatic rings. The molecule has 0 saturated heterocycles. The molecule has 0 amide bonds. The topological polar surface area (TPSA) is 56.4 Å². The Kier molecular flexibility index (Phi) is 7.34. The SMILES string of the molecule is CCN(CCCN(C)C)CC(C)C(=N)N. The summed E-state index contributed by atoms with van der Waals surface area (Å²) in [6, 6.07) is 0. The second-order valence-corrected chi connectivity index (χ2v) is 4.41. The largest absolute Gasteiger partial charge is 0.387 e. The van der Waals surface area contributed by atoms with Crippen molar-refractivity contribution < 1.29 is 0 Å². The molecule has 0 saturated carbocycles. The second-order valence-electron chi connectivity index (χ2n) is 4.41. The van der Waals surface area contributed by atoms with Crippen molar-refractivity contribution in [3.05, 3.63) is 0 Å². The third-order valence-electron chi connectivity index (χ3n) is 2.59. The van der Waals surface area contributed by atoms with Crippen LogP contribution in [0.3, 0.4) is 0 Å². The van der Waals surface area contributed by atoms with E-state index in [1.807, 2.05) is 6.92 Å². The lowest BCUT2D eigenvalue weighted by molar-refractivity contribution is 0.253. The highest BCUT2D eigenvalue weighted by Gasteiger charge is 2.10. The summed E-state index contributed by atoms with van der Waals surface area (Å²) in [6.45, 7) is 8.31. The van der Waals surface area contributed by atoms with Crippen molar-refractivity contribution in [3.63, 3.8) is 0 Å². The van der Waals surface area contributed by atoms with E-state index in [0.29, 0.717) is 5.84 Å². The zero-order chi connectivity index (χ0) is 11.8. The molecule has 0 aromatic carbocycles. The number of nitrogens with zero attached hydrogens (tertiary/aromatic N) is 2. The summed E-state index contributed by atoms with van der Waals surface area (Å²) >= 11 is 0. The normalized spacial score (nSPS) is 13.5. The van der Waals surface area contributed by atoms with Crippen LogP contribution in [0, 0.1) is 11.3 Å². The minimum atomic E-state index is 0.171. The Morgan fingerprint density at radius 1 is 1.33 bits per heavy atom. The molecule has 0 bridgehead atoms. The Morgan fingerprint density at radius 2 is 1.93 bits per heavy atom. The van der Waals surface area contributed by atoms with E-state index in [0.717, 1.165) is 26.2 Å². The Morgan fingerprint density at radius 3 is 2.33 bits per heavy atom. The number of nitrogens with one attached hydrogen (secondary N) is 1. The maximum Gasteiger partial charge on any atom is 0.0947 e. The van der Waals surface area contributed by atoms with Gasteiger partial charge in [0.05, 0.1) is 5.84 Å². The van der Waals surface area contributed by atoms with E-state index in [9.17, 15) is 0 Å². The molecule has 0 heterocycles. The van der Waals surface area contributed by atoms with Crippen molar-refractivity contribution in [1.82, 2.24) is 9.80 Å². The fourth-order valence-electron chi connectivity index (χ4n) is 1.47. The maximum absolute atomic E-state index is 7.36. The molecule has 4 nitrogen and oxygen atoms in total. The second kappa shape index (κ2) is 7.65. The lowest BCUT2D eigenvalue weighted by Gasteiger charge is -2.24. The first kappa shape index (κ1) is 14.4. The minimum Gasteiger partial charge on any atom is -0.387 e. The molecule has 90 valence electrons. The summed E-state index contributed by atoms with van der Waals surface area (Å²) < 4.78 is 0. The summed E-state index contributed by atoms with van der Waals surface area (Å²) in [5.74, 6) is 0.463. The first-order valence-corrected chi connectivity index (χ1v) is 5.68. The number of amidine groups is 1. The summed E-state index contributed by atoms with van der Waals surface area (Å²) in [5, 5.41) is 7.36. The minimum absolute atomic E-state index is 0.171. The van der Waals surface area contributed by atoms with Gasteiger partial charge in [-0.3, -0.25) is 5.41 Å². The van der Waals surface area contributed by atoms with E-state index in [-0.39, 0.29) is 5.92 Å². The smallest absolute Gasteiger partial charge is 0.0947 e. The molecule has 3 N–H and O–H groups in total. The summed E-state index contributed by atoms with van der Waals surface area (Å²) in [6.07, 6.45) is 1.17. The lowest BCUT2D eigenvalue weighted by atomic mass is 10.1. The molecule has 0 fully saturated rings. The standard InChI is InChI=1S/C11H26N4/c1-5-15(8-6-7-14(3)4)9-10(2)11(12)13/h10H,5-9H2,1-4H3,(H3,12,13). The van der Waals surface area contributed by atoms with Gasteiger partial charge < -0.3 is 15.5 Å². The summed E-state index contributed by atoms with van der Waals surface area (Å²) in [4.78, 5) is 4.55. The van der Waals surface area contributed by atoms with Crippen molar-refractivity contribution >= 4 is 5.84 Å².